The monoisotopic (exact) mass is 519 g/mol. The number of rotatable bonds is 9. The lowest BCUT2D eigenvalue weighted by atomic mass is 9.94. The van der Waals surface area contributed by atoms with Crippen LogP contribution in [0.25, 0.3) is 0 Å². The fourth-order valence-corrected chi connectivity index (χ4v) is 4.90. The highest BCUT2D eigenvalue weighted by Crippen LogP contribution is 2.22. The van der Waals surface area contributed by atoms with E-state index in [0.717, 1.165) is 37.2 Å². The third-order valence-electron chi connectivity index (χ3n) is 7.18. The normalized spacial score (nSPS) is 16.9. The van der Waals surface area contributed by atoms with Gasteiger partial charge in [-0.15, -0.1) is 12.4 Å². The van der Waals surface area contributed by atoms with Gasteiger partial charge in [-0.3, -0.25) is 14.5 Å². The zero-order chi connectivity index (χ0) is 24.6. The highest BCUT2D eigenvalue weighted by molar-refractivity contribution is 5.85. The molecule has 1 aromatic heterocycles. The van der Waals surface area contributed by atoms with E-state index in [1.54, 1.807) is 7.11 Å². The van der Waals surface area contributed by atoms with Gasteiger partial charge in [0.15, 0.2) is 5.82 Å². The van der Waals surface area contributed by atoms with Crippen LogP contribution >= 0.6 is 12.4 Å². The summed E-state index contributed by atoms with van der Waals surface area (Å²) in [7, 11) is 3.55. The van der Waals surface area contributed by atoms with Gasteiger partial charge >= 0.3 is 0 Å². The highest BCUT2D eigenvalue weighted by Gasteiger charge is 2.24. The Balaban J connectivity index is 0.00000361. The lowest BCUT2D eigenvalue weighted by Gasteiger charge is -2.34. The van der Waals surface area contributed by atoms with Gasteiger partial charge in [-0.25, -0.2) is 0 Å². The zero-order valence-corrected chi connectivity index (χ0v) is 22.2. The van der Waals surface area contributed by atoms with E-state index in [1.165, 1.54) is 19.3 Å². The van der Waals surface area contributed by atoms with Crippen molar-refractivity contribution >= 4 is 24.2 Å². The summed E-state index contributed by atoms with van der Waals surface area (Å²) >= 11 is 0. The van der Waals surface area contributed by atoms with E-state index in [9.17, 15) is 9.59 Å². The van der Waals surface area contributed by atoms with E-state index >= 15 is 0 Å². The minimum absolute atomic E-state index is 0. The molecule has 198 valence electrons. The predicted octanol–water partition coefficient (Wildman–Crippen LogP) is 3.11. The van der Waals surface area contributed by atoms with Crippen LogP contribution in [0.15, 0.2) is 28.8 Å². The summed E-state index contributed by atoms with van der Waals surface area (Å²) in [5, 5.41) is 4.10. The Bertz CT molecular complexity index is 969. The molecule has 4 rings (SSSR count). The Kier molecular flexibility index (Phi) is 10.6. The standard InChI is InChI=1S/C26H37N5O4.ClH/c1-29(21-6-4-3-5-7-21)25(32)13-12-24-27-23(28-35-24)19-30-14-16-31(17-15-30)26(33)18-20-8-10-22(34-2)11-9-20;/h8-11,21H,3-7,12-19H2,1-2H3;1H. The van der Waals surface area contributed by atoms with Crippen LogP contribution in [0.1, 0.15) is 55.8 Å². The Labute approximate surface area is 219 Å². The van der Waals surface area contributed by atoms with Crippen LogP contribution in [0.3, 0.4) is 0 Å². The summed E-state index contributed by atoms with van der Waals surface area (Å²) in [4.78, 5) is 35.8. The van der Waals surface area contributed by atoms with Gasteiger partial charge in [0.1, 0.15) is 5.75 Å². The molecule has 0 bridgehead atoms. The third kappa shape index (κ3) is 7.67. The van der Waals surface area contributed by atoms with Gasteiger partial charge in [0.05, 0.1) is 20.1 Å². The van der Waals surface area contributed by atoms with E-state index in [2.05, 4.69) is 15.0 Å². The first-order valence-corrected chi connectivity index (χ1v) is 12.7. The smallest absolute Gasteiger partial charge is 0.227 e. The topological polar surface area (TPSA) is 92.0 Å². The molecule has 1 aliphatic heterocycles. The third-order valence-corrected chi connectivity index (χ3v) is 7.18. The number of piperazine rings is 1. The number of aromatic nitrogens is 2. The number of methoxy groups -OCH3 is 1. The van der Waals surface area contributed by atoms with Crippen molar-refractivity contribution in [3.8, 4) is 5.75 Å². The molecule has 2 aromatic rings. The highest BCUT2D eigenvalue weighted by atomic mass is 35.5. The first kappa shape index (κ1) is 27.9. The molecular weight excluding hydrogens is 482 g/mol. The Morgan fingerprint density at radius 1 is 1.08 bits per heavy atom. The van der Waals surface area contributed by atoms with Crippen molar-refractivity contribution in [2.24, 2.45) is 0 Å². The van der Waals surface area contributed by atoms with E-state index in [0.29, 0.717) is 56.7 Å². The Hall–Kier alpha value is -2.65. The molecule has 2 aliphatic rings. The second-order valence-corrected chi connectivity index (χ2v) is 9.58. The van der Waals surface area contributed by atoms with Gasteiger partial charge in [-0.05, 0) is 30.5 Å². The summed E-state index contributed by atoms with van der Waals surface area (Å²) in [6, 6.07) is 8.00. The SMILES string of the molecule is COc1ccc(CC(=O)N2CCN(Cc3noc(CCC(=O)N(C)C4CCCCC4)n3)CC2)cc1.Cl. The van der Waals surface area contributed by atoms with Gasteiger partial charge in [0, 0.05) is 52.1 Å². The van der Waals surface area contributed by atoms with Crippen molar-refractivity contribution < 1.29 is 18.8 Å². The van der Waals surface area contributed by atoms with Gasteiger partial charge < -0.3 is 19.1 Å². The van der Waals surface area contributed by atoms with Crippen molar-refractivity contribution in [3.63, 3.8) is 0 Å². The summed E-state index contributed by atoms with van der Waals surface area (Å²) in [6.07, 6.45) is 7.16. The van der Waals surface area contributed by atoms with Gasteiger partial charge in [0.25, 0.3) is 0 Å². The fourth-order valence-electron chi connectivity index (χ4n) is 4.90. The first-order chi connectivity index (χ1) is 17.0. The second-order valence-electron chi connectivity index (χ2n) is 9.58. The van der Waals surface area contributed by atoms with Crippen LogP contribution in [-0.4, -0.2) is 83.0 Å². The van der Waals surface area contributed by atoms with Crippen LogP contribution in [0.4, 0.5) is 0 Å². The molecule has 1 aliphatic carbocycles. The number of carbonyl (C=O) groups excluding carboxylic acids is 2. The maximum Gasteiger partial charge on any atom is 0.227 e. The molecule has 0 spiro atoms. The van der Waals surface area contributed by atoms with E-state index < -0.39 is 0 Å². The van der Waals surface area contributed by atoms with Crippen molar-refractivity contribution in [2.75, 3.05) is 40.3 Å². The molecule has 10 heteroatoms. The van der Waals surface area contributed by atoms with Crippen LogP contribution < -0.4 is 4.74 Å². The number of ether oxygens (including phenoxy) is 1. The van der Waals surface area contributed by atoms with Crippen molar-refractivity contribution in [1.29, 1.82) is 0 Å². The molecule has 1 saturated carbocycles. The molecule has 0 N–H and O–H groups in total. The van der Waals surface area contributed by atoms with E-state index in [4.69, 9.17) is 9.26 Å². The summed E-state index contributed by atoms with van der Waals surface area (Å²) in [6.45, 7) is 3.48. The number of hydrogen-bond acceptors (Lipinski definition) is 7. The summed E-state index contributed by atoms with van der Waals surface area (Å²) < 4.78 is 10.6. The first-order valence-electron chi connectivity index (χ1n) is 12.7. The second kappa shape index (κ2) is 13.6. The molecule has 2 amide bonds. The van der Waals surface area contributed by atoms with Gasteiger partial charge in [0.2, 0.25) is 17.7 Å². The summed E-state index contributed by atoms with van der Waals surface area (Å²) in [5.74, 6) is 2.22. The molecule has 36 heavy (non-hydrogen) atoms. The quantitative estimate of drug-likeness (QED) is 0.502. The molecule has 1 aromatic carbocycles. The number of aryl methyl sites for hydroxylation is 1. The maximum atomic E-state index is 12.7. The number of amides is 2. The average Bonchev–Trinajstić information content (AvgIpc) is 3.35. The van der Waals surface area contributed by atoms with Crippen LogP contribution in [-0.2, 0) is 29.0 Å². The Morgan fingerprint density at radius 2 is 1.78 bits per heavy atom. The number of carbonyl (C=O) groups is 2. The average molecular weight is 520 g/mol. The van der Waals surface area contributed by atoms with Crippen LogP contribution in [0.5, 0.6) is 5.75 Å². The molecule has 0 radical (unpaired) electrons. The minimum atomic E-state index is 0. The number of hydrogen-bond donors (Lipinski definition) is 0. The molecule has 9 nitrogen and oxygen atoms in total. The number of benzene rings is 1. The van der Waals surface area contributed by atoms with Crippen molar-refractivity contribution in [3.05, 3.63) is 41.5 Å². The Morgan fingerprint density at radius 3 is 2.44 bits per heavy atom. The van der Waals surface area contributed by atoms with E-state index in [-0.39, 0.29) is 24.2 Å². The number of halogens is 1. The zero-order valence-electron chi connectivity index (χ0n) is 21.4. The molecular formula is C26H38ClN5O4. The lowest BCUT2D eigenvalue weighted by molar-refractivity contribution is -0.133. The largest absolute Gasteiger partial charge is 0.497 e. The van der Waals surface area contributed by atoms with Crippen molar-refractivity contribution in [1.82, 2.24) is 24.8 Å². The molecule has 2 heterocycles. The van der Waals surface area contributed by atoms with Crippen molar-refractivity contribution in [2.45, 2.75) is 64.0 Å². The molecule has 2 fully saturated rings. The van der Waals surface area contributed by atoms with Crippen LogP contribution in [0, 0.1) is 0 Å². The maximum absolute atomic E-state index is 12.7. The molecule has 1 saturated heterocycles. The van der Waals surface area contributed by atoms with Crippen LogP contribution in [0.2, 0.25) is 0 Å². The predicted molar refractivity (Wildman–Crippen MR) is 138 cm³/mol. The fraction of sp³-hybridized carbons (Fsp3) is 0.615. The van der Waals surface area contributed by atoms with E-state index in [1.807, 2.05) is 41.1 Å². The molecule has 0 atom stereocenters. The molecule has 0 unspecified atom stereocenters. The van der Waals surface area contributed by atoms with Gasteiger partial charge in [-0.1, -0.05) is 36.6 Å². The number of nitrogens with zero attached hydrogens (tertiary/aromatic N) is 5. The van der Waals surface area contributed by atoms with Gasteiger partial charge in [-0.2, -0.15) is 4.98 Å². The minimum Gasteiger partial charge on any atom is -0.497 e. The summed E-state index contributed by atoms with van der Waals surface area (Å²) in [5.41, 5.74) is 0.987. The lowest BCUT2D eigenvalue weighted by Crippen LogP contribution is -2.48.